The van der Waals surface area contributed by atoms with Crippen LogP contribution < -0.4 is 19.6 Å². The number of anilines is 10. The van der Waals surface area contributed by atoms with Crippen molar-refractivity contribution in [2.24, 2.45) is 0 Å². The summed E-state index contributed by atoms with van der Waals surface area (Å²) in [6.45, 7) is 0. The molecule has 0 spiro atoms. The van der Waals surface area contributed by atoms with Crippen molar-refractivity contribution in [3.8, 4) is 44.5 Å². The molecule has 0 amide bonds. The Kier molecular flexibility index (Phi) is 16.3. The zero-order chi connectivity index (χ0) is 63.2. The maximum atomic E-state index is 2.40. The Morgan fingerprint density at radius 3 is 0.702 bits per heavy atom. The molecule has 94 heavy (non-hydrogen) atoms. The van der Waals surface area contributed by atoms with Crippen LogP contribution in [0, 0.1) is 0 Å². The van der Waals surface area contributed by atoms with E-state index in [1.165, 1.54) is 87.6 Å². The third-order valence-corrected chi connectivity index (χ3v) is 18.2. The third kappa shape index (κ3) is 11.9. The Labute approximate surface area is 551 Å². The van der Waals surface area contributed by atoms with E-state index in [0.29, 0.717) is 0 Å². The fraction of sp³-hybridized carbons (Fsp3) is 0.0222. The summed E-state index contributed by atoms with van der Waals surface area (Å²) in [6, 6.07) is 135. The predicted molar refractivity (Wildman–Crippen MR) is 403 cm³/mol. The van der Waals surface area contributed by atoms with Crippen LogP contribution in [0.25, 0.3) is 87.6 Å². The third-order valence-electron chi connectivity index (χ3n) is 18.2. The summed E-state index contributed by atoms with van der Waals surface area (Å²) in [5.74, 6) is 0. The van der Waals surface area contributed by atoms with Crippen LogP contribution in [0.2, 0.25) is 0 Å². The summed E-state index contributed by atoms with van der Waals surface area (Å²) in [7, 11) is 4.25. The lowest BCUT2D eigenvalue weighted by Gasteiger charge is -2.28. The highest BCUT2D eigenvalue weighted by Crippen LogP contribution is 2.45. The average Bonchev–Trinajstić information content (AvgIpc) is 0.864. The summed E-state index contributed by atoms with van der Waals surface area (Å²) >= 11 is 0. The molecule has 16 aromatic rings. The summed E-state index contributed by atoms with van der Waals surface area (Å²) < 4.78 is 0. The summed E-state index contributed by atoms with van der Waals surface area (Å²) in [4.78, 5) is 9.27. The van der Waals surface area contributed by atoms with Gasteiger partial charge in [0.1, 0.15) is 0 Å². The molecule has 0 aliphatic rings. The van der Waals surface area contributed by atoms with Crippen LogP contribution in [0.4, 0.5) is 56.9 Å². The zero-order valence-electron chi connectivity index (χ0n) is 52.6. The highest BCUT2D eigenvalue weighted by molar-refractivity contribution is 6.06. The van der Waals surface area contributed by atoms with Crippen molar-refractivity contribution in [2.45, 2.75) is 0 Å². The Hall–Kier alpha value is -12.2. The molecular formula is C90H68N4. The predicted octanol–water partition coefficient (Wildman–Crippen LogP) is 25.1. The monoisotopic (exact) mass is 1200 g/mol. The molecule has 0 radical (unpaired) electrons. The first-order valence-electron chi connectivity index (χ1n) is 32.2. The van der Waals surface area contributed by atoms with Gasteiger partial charge in [0.15, 0.2) is 0 Å². The van der Waals surface area contributed by atoms with Crippen LogP contribution in [0.3, 0.4) is 0 Å². The van der Waals surface area contributed by atoms with Gasteiger partial charge in [-0.05, 0) is 163 Å². The van der Waals surface area contributed by atoms with Gasteiger partial charge in [0, 0.05) is 69.8 Å². The van der Waals surface area contributed by atoms with Gasteiger partial charge in [-0.3, -0.25) is 0 Å². The molecule has 0 aliphatic heterocycles. The fourth-order valence-electron chi connectivity index (χ4n) is 13.1. The van der Waals surface area contributed by atoms with Gasteiger partial charge in [-0.1, -0.05) is 279 Å². The van der Waals surface area contributed by atoms with E-state index in [0.717, 1.165) is 56.9 Å². The molecule has 0 aliphatic carbocycles. The minimum Gasteiger partial charge on any atom is -0.345 e. The van der Waals surface area contributed by atoms with E-state index in [9.17, 15) is 0 Å². The van der Waals surface area contributed by atoms with E-state index in [4.69, 9.17) is 0 Å². The average molecular weight is 1210 g/mol. The van der Waals surface area contributed by atoms with Crippen LogP contribution in [0.1, 0.15) is 0 Å². The first-order valence-corrected chi connectivity index (χ1v) is 32.2. The van der Waals surface area contributed by atoms with E-state index in [2.05, 4.69) is 410 Å². The van der Waals surface area contributed by atoms with Gasteiger partial charge in [0.25, 0.3) is 0 Å². The lowest BCUT2D eigenvalue weighted by molar-refractivity contribution is 1.21. The van der Waals surface area contributed by atoms with Gasteiger partial charge in [-0.2, -0.15) is 0 Å². The molecule has 448 valence electrons. The van der Waals surface area contributed by atoms with Crippen LogP contribution in [-0.2, 0) is 0 Å². The molecule has 0 fully saturated rings. The molecule has 0 aromatic heterocycles. The molecule has 0 bridgehead atoms. The zero-order valence-corrected chi connectivity index (χ0v) is 52.6. The smallest absolute Gasteiger partial charge is 0.0540 e. The lowest BCUT2D eigenvalue weighted by Crippen LogP contribution is -2.11. The summed E-state index contributed by atoms with van der Waals surface area (Å²) in [5, 5.41) is 9.80. The van der Waals surface area contributed by atoms with Gasteiger partial charge in [0.05, 0.1) is 22.7 Å². The molecule has 16 rings (SSSR count). The molecule has 0 atom stereocenters. The van der Waals surface area contributed by atoms with Crippen molar-refractivity contribution < 1.29 is 0 Å². The number of benzene rings is 16. The van der Waals surface area contributed by atoms with Crippen molar-refractivity contribution in [1.29, 1.82) is 0 Å². The molecule has 0 N–H and O–H groups in total. The summed E-state index contributed by atoms with van der Waals surface area (Å²) in [5.41, 5.74) is 21.1. The van der Waals surface area contributed by atoms with Crippen molar-refractivity contribution >= 4 is 100.0 Å². The summed E-state index contributed by atoms with van der Waals surface area (Å²) in [6.07, 6.45) is 0. The topological polar surface area (TPSA) is 13.0 Å². The van der Waals surface area contributed by atoms with Crippen LogP contribution >= 0.6 is 0 Å². The maximum absolute atomic E-state index is 2.40. The molecule has 0 heterocycles. The van der Waals surface area contributed by atoms with Gasteiger partial charge in [0.2, 0.25) is 0 Å². The van der Waals surface area contributed by atoms with Gasteiger partial charge in [-0.15, -0.1) is 0 Å². The maximum Gasteiger partial charge on any atom is 0.0540 e. The molecular weight excluding hydrogens is 1140 g/mol. The van der Waals surface area contributed by atoms with Crippen molar-refractivity contribution in [2.75, 3.05) is 33.7 Å². The number of rotatable bonds is 14. The Morgan fingerprint density at radius 1 is 0.160 bits per heavy atom. The Balaban J connectivity index is 0.000000155. The van der Waals surface area contributed by atoms with E-state index in [-0.39, 0.29) is 0 Å². The van der Waals surface area contributed by atoms with Crippen molar-refractivity contribution in [1.82, 2.24) is 0 Å². The fourth-order valence-corrected chi connectivity index (χ4v) is 13.1. The number of hydrogen-bond donors (Lipinski definition) is 0. The Morgan fingerprint density at radius 2 is 0.383 bits per heavy atom. The first kappa shape index (κ1) is 58.2. The second-order valence-corrected chi connectivity index (χ2v) is 23.8. The van der Waals surface area contributed by atoms with Gasteiger partial charge >= 0.3 is 0 Å². The van der Waals surface area contributed by atoms with Crippen LogP contribution in [-0.4, -0.2) is 14.1 Å². The first-order chi connectivity index (χ1) is 46.5. The molecule has 16 aromatic carbocycles. The van der Waals surface area contributed by atoms with E-state index >= 15 is 0 Å². The van der Waals surface area contributed by atoms with Gasteiger partial charge < -0.3 is 19.6 Å². The Bertz CT molecular complexity index is 5080. The lowest BCUT2D eigenvalue weighted by atomic mass is 10.0. The molecule has 0 saturated carbocycles. The number of nitrogens with zero attached hydrogens (tertiary/aromatic N) is 4. The van der Waals surface area contributed by atoms with Crippen LogP contribution in [0.15, 0.2) is 376 Å². The van der Waals surface area contributed by atoms with E-state index < -0.39 is 0 Å². The molecule has 4 nitrogen and oxygen atoms in total. The second kappa shape index (κ2) is 26.3. The highest BCUT2D eigenvalue weighted by atomic mass is 15.2. The van der Waals surface area contributed by atoms with Crippen LogP contribution in [0.5, 0.6) is 0 Å². The van der Waals surface area contributed by atoms with Crippen molar-refractivity contribution in [3.63, 3.8) is 0 Å². The van der Waals surface area contributed by atoms with E-state index in [1.807, 2.05) is 0 Å². The highest BCUT2D eigenvalue weighted by Gasteiger charge is 2.20. The largest absolute Gasteiger partial charge is 0.345 e. The SMILES string of the molecule is CN(c1ccc(-c2ccc(N(c3cccc4ccccc34)c3cccc4ccccc34)cc2)cc1)c1cccc(-c2ccccc2)c1.CN(c1ccc(-c2ccccc2)cc1)c1ccc(-c2ccc(N(c3cccc4ccccc34)c3cccc4ccccc34)cc2)cc1. The minimum absolute atomic E-state index is 1.12. The molecule has 0 unspecified atom stereocenters. The van der Waals surface area contributed by atoms with Crippen molar-refractivity contribution in [3.05, 3.63) is 376 Å². The van der Waals surface area contributed by atoms with Gasteiger partial charge in [-0.25, -0.2) is 0 Å². The second-order valence-electron chi connectivity index (χ2n) is 23.8. The quantitative estimate of drug-likeness (QED) is 0.108. The normalized spacial score (nSPS) is 11.1. The standard InChI is InChI=1S/2C45H34N2/c1-46(41-19-9-18-38(32-41)33-12-3-2-4-13-33)39-28-24-34(25-29-39)35-26-30-40(31-27-35)47(44-22-10-16-36-14-5-7-20-42(36)44)45-23-11-17-37-15-6-8-21-43(37)45;1-46(39-27-21-34(22-28-39)33-11-3-2-4-12-33)40-29-23-35(24-30-40)36-25-31-41(32-26-36)47(44-19-9-15-37-13-5-7-17-42(37)44)45-20-10-16-38-14-6-8-18-43(38)45/h2*2-32H,1H3. The minimum atomic E-state index is 1.12. The number of fused-ring (bicyclic) bond motifs is 4. The number of hydrogen-bond acceptors (Lipinski definition) is 4. The molecule has 4 heteroatoms. The van der Waals surface area contributed by atoms with E-state index in [1.54, 1.807) is 0 Å². The molecule has 0 saturated heterocycles.